The summed E-state index contributed by atoms with van der Waals surface area (Å²) in [4.78, 5) is 16.1. The summed E-state index contributed by atoms with van der Waals surface area (Å²) in [7, 11) is 3.84. The maximum atomic E-state index is 12.3. The van der Waals surface area contributed by atoms with E-state index in [1.165, 1.54) is 5.56 Å². The van der Waals surface area contributed by atoms with Crippen molar-refractivity contribution in [3.05, 3.63) is 29.8 Å². The third-order valence-corrected chi connectivity index (χ3v) is 3.13. The van der Waals surface area contributed by atoms with Crippen LogP contribution >= 0.6 is 0 Å². The van der Waals surface area contributed by atoms with Gasteiger partial charge < -0.3 is 15.1 Å². The van der Waals surface area contributed by atoms with Crippen molar-refractivity contribution < 1.29 is 4.79 Å². The molecule has 1 aliphatic heterocycles. The first kappa shape index (κ1) is 13.1. The number of hydrogen-bond acceptors (Lipinski definition) is 3. The quantitative estimate of drug-likeness (QED) is 0.849. The molecule has 0 saturated heterocycles. The molecule has 98 valence electrons. The maximum Gasteiger partial charge on any atom is 0.241 e. The van der Waals surface area contributed by atoms with E-state index >= 15 is 0 Å². The number of nitrogens with one attached hydrogen (secondary N) is 1. The third-order valence-electron chi connectivity index (χ3n) is 3.13. The highest BCUT2D eigenvalue weighted by atomic mass is 16.2. The van der Waals surface area contributed by atoms with Crippen LogP contribution in [0.5, 0.6) is 0 Å². The summed E-state index contributed by atoms with van der Waals surface area (Å²) in [5.74, 6) is 0.156. The van der Waals surface area contributed by atoms with Crippen LogP contribution in [0.25, 0.3) is 0 Å². The molecule has 4 heteroatoms. The lowest BCUT2D eigenvalue weighted by Crippen LogP contribution is -2.43. The predicted molar refractivity (Wildman–Crippen MR) is 73.7 cm³/mol. The van der Waals surface area contributed by atoms with Crippen LogP contribution < -0.4 is 10.2 Å². The fourth-order valence-corrected chi connectivity index (χ4v) is 2.24. The van der Waals surface area contributed by atoms with E-state index in [4.69, 9.17) is 0 Å². The first-order valence-corrected chi connectivity index (χ1v) is 6.34. The fourth-order valence-electron chi connectivity index (χ4n) is 2.24. The zero-order valence-electron chi connectivity index (χ0n) is 11.3. The zero-order chi connectivity index (χ0) is 13.1. The van der Waals surface area contributed by atoms with Gasteiger partial charge in [-0.2, -0.15) is 0 Å². The number of amides is 1. The number of carbonyl (C=O) groups is 1. The summed E-state index contributed by atoms with van der Waals surface area (Å²) in [6.07, 6.45) is 0. The average molecular weight is 247 g/mol. The summed E-state index contributed by atoms with van der Waals surface area (Å²) in [6.45, 7) is 4.11. The number of hydrogen-bond donors (Lipinski definition) is 1. The number of likely N-dealkylation sites (N-methyl/N-ethyl adjacent to an activating group) is 1. The van der Waals surface area contributed by atoms with Crippen LogP contribution in [0.1, 0.15) is 12.5 Å². The number of carbonyl (C=O) groups excluding carboxylic acids is 1. The Morgan fingerprint density at radius 2 is 2.17 bits per heavy atom. The van der Waals surface area contributed by atoms with Crippen molar-refractivity contribution in [2.45, 2.75) is 19.5 Å². The monoisotopic (exact) mass is 247 g/mol. The van der Waals surface area contributed by atoms with Crippen molar-refractivity contribution >= 4 is 11.6 Å². The minimum absolute atomic E-state index is 0.156. The Kier molecular flexibility index (Phi) is 3.99. The van der Waals surface area contributed by atoms with Crippen molar-refractivity contribution in [3.63, 3.8) is 0 Å². The maximum absolute atomic E-state index is 12.3. The molecule has 2 rings (SSSR count). The van der Waals surface area contributed by atoms with E-state index in [0.29, 0.717) is 12.6 Å². The zero-order valence-corrected chi connectivity index (χ0v) is 11.3. The molecule has 1 unspecified atom stereocenters. The van der Waals surface area contributed by atoms with E-state index < -0.39 is 0 Å². The Bertz CT molecular complexity index is 431. The highest BCUT2D eigenvalue weighted by Crippen LogP contribution is 2.23. The van der Waals surface area contributed by atoms with E-state index in [2.05, 4.69) is 18.3 Å². The van der Waals surface area contributed by atoms with Gasteiger partial charge in [-0.25, -0.2) is 0 Å². The van der Waals surface area contributed by atoms with Crippen LogP contribution in [0, 0.1) is 0 Å². The minimum atomic E-state index is 0.156. The molecule has 1 atom stereocenters. The van der Waals surface area contributed by atoms with Crippen molar-refractivity contribution in [1.29, 1.82) is 0 Å². The molecule has 0 aliphatic carbocycles. The molecular formula is C14H21N3O. The normalized spacial score (nSPS) is 19.6. The lowest BCUT2D eigenvalue weighted by molar-refractivity contribution is -0.119. The largest absolute Gasteiger partial charge is 0.309 e. The summed E-state index contributed by atoms with van der Waals surface area (Å²) in [5, 5.41) is 3.43. The summed E-state index contributed by atoms with van der Waals surface area (Å²) >= 11 is 0. The number of nitrogens with zero attached hydrogens (tertiary/aromatic N) is 2. The standard InChI is InChI=1S/C14H21N3O/c1-11-9-17(14(18)10-16(2)3)13-7-5-4-6-12(13)8-15-11/h4-7,11,15H,8-10H2,1-3H3. The van der Waals surface area contributed by atoms with E-state index in [9.17, 15) is 4.79 Å². The summed E-state index contributed by atoms with van der Waals surface area (Å²) < 4.78 is 0. The van der Waals surface area contributed by atoms with Gasteiger partial charge in [0.1, 0.15) is 0 Å². The third kappa shape index (κ3) is 2.89. The Hall–Kier alpha value is -1.39. The number of para-hydroxylation sites is 1. The van der Waals surface area contributed by atoms with Crippen LogP contribution in [-0.2, 0) is 11.3 Å². The summed E-state index contributed by atoms with van der Waals surface area (Å²) in [5.41, 5.74) is 2.23. The van der Waals surface area contributed by atoms with Crippen LogP contribution in [0.2, 0.25) is 0 Å². The predicted octanol–water partition coefficient (Wildman–Crippen LogP) is 1.07. The lowest BCUT2D eigenvalue weighted by Gasteiger charge is -2.25. The Labute approximate surface area is 109 Å². The van der Waals surface area contributed by atoms with Crippen LogP contribution in [0.4, 0.5) is 5.69 Å². The van der Waals surface area contributed by atoms with E-state index in [1.807, 2.05) is 42.1 Å². The average Bonchev–Trinajstić information content (AvgIpc) is 2.49. The number of rotatable bonds is 2. The molecule has 0 fully saturated rings. The van der Waals surface area contributed by atoms with Crippen molar-refractivity contribution in [2.75, 3.05) is 32.1 Å². The molecule has 0 saturated carbocycles. The molecule has 1 aromatic carbocycles. The fraction of sp³-hybridized carbons (Fsp3) is 0.500. The Morgan fingerprint density at radius 1 is 1.44 bits per heavy atom. The van der Waals surface area contributed by atoms with Gasteiger partial charge in [-0.15, -0.1) is 0 Å². The van der Waals surface area contributed by atoms with Crippen molar-refractivity contribution in [3.8, 4) is 0 Å². The van der Waals surface area contributed by atoms with E-state index in [0.717, 1.165) is 18.8 Å². The second-order valence-corrected chi connectivity index (χ2v) is 5.15. The van der Waals surface area contributed by atoms with Crippen LogP contribution in [0.3, 0.4) is 0 Å². The molecule has 1 aromatic rings. The van der Waals surface area contributed by atoms with Crippen molar-refractivity contribution in [2.24, 2.45) is 0 Å². The molecule has 0 bridgehead atoms. The highest BCUT2D eigenvalue weighted by Gasteiger charge is 2.23. The van der Waals surface area contributed by atoms with E-state index in [1.54, 1.807) is 0 Å². The first-order valence-electron chi connectivity index (χ1n) is 6.34. The van der Waals surface area contributed by atoms with Gasteiger partial charge in [0, 0.05) is 24.8 Å². The summed E-state index contributed by atoms with van der Waals surface area (Å²) in [6, 6.07) is 8.43. The Morgan fingerprint density at radius 3 is 2.89 bits per heavy atom. The molecule has 1 amide bonds. The SMILES string of the molecule is CC1CN(C(=O)CN(C)C)c2ccccc2CN1. The van der Waals surface area contributed by atoms with Gasteiger partial charge in [-0.05, 0) is 32.6 Å². The second-order valence-electron chi connectivity index (χ2n) is 5.15. The highest BCUT2D eigenvalue weighted by molar-refractivity contribution is 5.95. The van der Waals surface area contributed by atoms with Gasteiger partial charge in [0.25, 0.3) is 0 Å². The number of benzene rings is 1. The molecule has 0 aromatic heterocycles. The molecule has 0 spiro atoms. The van der Waals surface area contributed by atoms with E-state index in [-0.39, 0.29) is 5.91 Å². The van der Waals surface area contributed by atoms with Crippen molar-refractivity contribution in [1.82, 2.24) is 10.2 Å². The minimum Gasteiger partial charge on any atom is -0.309 e. The molecule has 1 heterocycles. The molecule has 1 aliphatic rings. The molecule has 4 nitrogen and oxygen atoms in total. The smallest absolute Gasteiger partial charge is 0.241 e. The topological polar surface area (TPSA) is 35.6 Å². The Balaban J connectivity index is 2.29. The second kappa shape index (κ2) is 5.50. The molecular weight excluding hydrogens is 226 g/mol. The van der Waals surface area contributed by atoms with Gasteiger partial charge in [-0.3, -0.25) is 4.79 Å². The lowest BCUT2D eigenvalue weighted by atomic mass is 10.1. The van der Waals surface area contributed by atoms with Crippen LogP contribution in [0.15, 0.2) is 24.3 Å². The number of anilines is 1. The van der Waals surface area contributed by atoms with Gasteiger partial charge in [0.2, 0.25) is 5.91 Å². The molecule has 1 N–H and O–H groups in total. The van der Waals surface area contributed by atoms with Gasteiger partial charge in [0.05, 0.1) is 6.54 Å². The van der Waals surface area contributed by atoms with Gasteiger partial charge in [-0.1, -0.05) is 18.2 Å². The van der Waals surface area contributed by atoms with Crippen LogP contribution in [-0.4, -0.2) is 44.0 Å². The van der Waals surface area contributed by atoms with Gasteiger partial charge >= 0.3 is 0 Å². The first-order chi connectivity index (χ1) is 8.58. The number of fused-ring (bicyclic) bond motifs is 1. The molecule has 0 radical (unpaired) electrons. The van der Waals surface area contributed by atoms with Gasteiger partial charge in [0.15, 0.2) is 0 Å². The molecule has 18 heavy (non-hydrogen) atoms.